The molecule has 6 aromatic rings. The molecule has 8 rings (SSSR count). The van der Waals surface area contributed by atoms with E-state index >= 15 is 0 Å². The smallest absolute Gasteiger partial charge is 0.410 e. The van der Waals surface area contributed by atoms with Crippen LogP contribution in [0.15, 0.2) is 120 Å². The molecule has 2 aliphatic heterocycles. The van der Waals surface area contributed by atoms with E-state index < -0.39 is 5.60 Å². The van der Waals surface area contributed by atoms with E-state index in [0.29, 0.717) is 6.04 Å². The summed E-state index contributed by atoms with van der Waals surface area (Å²) < 4.78 is 5.61. The number of aromatic nitrogens is 2. The number of benzene rings is 4. The normalized spacial score (nSPS) is 17.2. The molecule has 1 N–H and O–H groups in total. The Hall–Kier alpha value is -4.63. The SMILES string of the molecule is CC(C)(C)OC(=O)N1CCCC1c1nc(-c2ccccc2-c2ccccc2)cs1.c1ccc(-c2ccccc2-c2csc(C3CCCN3)n2)cc1. The van der Waals surface area contributed by atoms with Gasteiger partial charge in [0, 0.05) is 28.4 Å². The molecular formula is C43H44N4O2S2. The van der Waals surface area contributed by atoms with Crippen LogP contribution in [0.4, 0.5) is 4.79 Å². The Morgan fingerprint density at radius 3 is 1.73 bits per heavy atom. The molecule has 2 saturated heterocycles. The molecule has 1 amide bonds. The number of rotatable bonds is 6. The van der Waals surface area contributed by atoms with Crippen LogP contribution in [0, 0.1) is 0 Å². The van der Waals surface area contributed by atoms with E-state index in [2.05, 4.69) is 113 Å². The number of ether oxygens (including phenoxy) is 1. The van der Waals surface area contributed by atoms with E-state index in [4.69, 9.17) is 14.7 Å². The zero-order chi connectivity index (χ0) is 35.2. The largest absolute Gasteiger partial charge is 0.444 e. The second kappa shape index (κ2) is 15.7. The van der Waals surface area contributed by atoms with Gasteiger partial charge in [-0.05, 0) is 75.3 Å². The van der Waals surface area contributed by atoms with Crippen LogP contribution in [0.25, 0.3) is 44.8 Å². The molecule has 4 aromatic carbocycles. The number of nitrogens with zero attached hydrogens (tertiary/aromatic N) is 3. The lowest BCUT2D eigenvalue weighted by Crippen LogP contribution is -2.36. The average molecular weight is 713 g/mol. The summed E-state index contributed by atoms with van der Waals surface area (Å²) in [6.45, 7) is 7.53. The van der Waals surface area contributed by atoms with Gasteiger partial charge in [-0.25, -0.2) is 14.8 Å². The van der Waals surface area contributed by atoms with Gasteiger partial charge in [0.1, 0.15) is 15.6 Å². The van der Waals surface area contributed by atoms with E-state index in [1.54, 1.807) is 22.7 Å². The van der Waals surface area contributed by atoms with Crippen molar-refractivity contribution in [3.63, 3.8) is 0 Å². The predicted molar refractivity (Wildman–Crippen MR) is 211 cm³/mol. The van der Waals surface area contributed by atoms with Crippen LogP contribution >= 0.6 is 22.7 Å². The van der Waals surface area contributed by atoms with Gasteiger partial charge < -0.3 is 10.1 Å². The predicted octanol–water partition coefficient (Wildman–Crippen LogP) is 11.5. The summed E-state index contributed by atoms with van der Waals surface area (Å²) in [6.07, 6.45) is 4.10. The first-order valence-corrected chi connectivity index (χ1v) is 19.5. The molecule has 8 heteroatoms. The summed E-state index contributed by atoms with van der Waals surface area (Å²) in [6, 6.07) is 38.2. The molecule has 51 heavy (non-hydrogen) atoms. The van der Waals surface area contributed by atoms with Crippen molar-refractivity contribution < 1.29 is 9.53 Å². The number of likely N-dealkylation sites (tertiary alicyclic amines) is 1. The number of carbonyl (C=O) groups excluding carboxylic acids is 1. The number of amides is 1. The molecule has 0 aliphatic carbocycles. The zero-order valence-electron chi connectivity index (χ0n) is 29.4. The van der Waals surface area contributed by atoms with Gasteiger partial charge in [-0.3, -0.25) is 4.90 Å². The number of hydrogen-bond donors (Lipinski definition) is 1. The number of nitrogens with one attached hydrogen (secondary N) is 1. The summed E-state index contributed by atoms with van der Waals surface area (Å²) in [5.74, 6) is 0. The zero-order valence-corrected chi connectivity index (χ0v) is 31.1. The monoisotopic (exact) mass is 712 g/mol. The van der Waals surface area contributed by atoms with E-state index in [1.165, 1.54) is 45.7 Å². The molecule has 2 fully saturated rings. The van der Waals surface area contributed by atoms with Gasteiger partial charge >= 0.3 is 6.09 Å². The van der Waals surface area contributed by atoms with Crippen LogP contribution in [-0.4, -0.2) is 39.7 Å². The van der Waals surface area contributed by atoms with Gasteiger partial charge in [-0.15, -0.1) is 22.7 Å². The first kappa shape index (κ1) is 34.8. The summed E-state index contributed by atoms with van der Waals surface area (Å²) in [7, 11) is 0. The molecule has 260 valence electrons. The van der Waals surface area contributed by atoms with Gasteiger partial charge in [0.2, 0.25) is 0 Å². The molecule has 0 spiro atoms. The Bertz CT molecular complexity index is 2050. The van der Waals surface area contributed by atoms with Crippen LogP contribution in [-0.2, 0) is 4.74 Å². The maximum Gasteiger partial charge on any atom is 0.410 e. The van der Waals surface area contributed by atoms with Gasteiger partial charge in [0.15, 0.2) is 0 Å². The van der Waals surface area contributed by atoms with E-state index in [-0.39, 0.29) is 12.1 Å². The van der Waals surface area contributed by atoms with Crippen molar-refractivity contribution >= 4 is 28.8 Å². The Balaban J connectivity index is 0.000000165. The third-order valence-corrected chi connectivity index (χ3v) is 11.0. The highest BCUT2D eigenvalue weighted by atomic mass is 32.1. The number of carbonyl (C=O) groups is 1. The van der Waals surface area contributed by atoms with Gasteiger partial charge in [-0.1, -0.05) is 109 Å². The van der Waals surface area contributed by atoms with E-state index in [9.17, 15) is 4.79 Å². The van der Waals surface area contributed by atoms with Crippen LogP contribution in [0.1, 0.15) is 68.6 Å². The van der Waals surface area contributed by atoms with Crippen molar-refractivity contribution in [3.8, 4) is 44.8 Å². The second-order valence-corrected chi connectivity index (χ2v) is 15.7. The standard InChI is InChI=1S/C24H26N2O2S.C19H18N2S/c1-24(2,3)28-23(27)26-15-9-14-21(26)22-25-20(16-29-22)19-13-8-7-12-18(19)17-10-5-4-6-11-17;1-2-7-14(8-3-1)15-9-4-5-10-16(15)18-13-22-19(21-18)17-11-6-12-20-17/h4-8,10-13,16,21H,9,14-15H2,1-3H3;1-5,7-10,13,17,20H,6,11-12H2. The van der Waals surface area contributed by atoms with Crippen LogP contribution in [0.3, 0.4) is 0 Å². The maximum absolute atomic E-state index is 12.6. The minimum Gasteiger partial charge on any atom is -0.444 e. The van der Waals surface area contributed by atoms with Gasteiger partial charge in [0.05, 0.1) is 23.5 Å². The van der Waals surface area contributed by atoms with Gasteiger partial charge in [0.25, 0.3) is 0 Å². The molecule has 2 aliphatic rings. The third-order valence-electron chi connectivity index (χ3n) is 9.14. The molecule has 2 atom stereocenters. The van der Waals surface area contributed by atoms with Crippen molar-refractivity contribution in [3.05, 3.63) is 130 Å². The van der Waals surface area contributed by atoms with E-state index in [1.807, 2.05) is 37.8 Å². The second-order valence-electron chi connectivity index (χ2n) is 13.9. The first-order chi connectivity index (χ1) is 24.8. The first-order valence-electron chi connectivity index (χ1n) is 17.8. The lowest BCUT2D eigenvalue weighted by molar-refractivity contribution is 0.0224. The van der Waals surface area contributed by atoms with Crippen molar-refractivity contribution in [1.29, 1.82) is 0 Å². The Morgan fingerprint density at radius 1 is 0.686 bits per heavy atom. The highest BCUT2D eigenvalue weighted by Gasteiger charge is 2.35. The van der Waals surface area contributed by atoms with Crippen molar-refractivity contribution in [2.24, 2.45) is 0 Å². The fourth-order valence-electron chi connectivity index (χ4n) is 6.75. The van der Waals surface area contributed by atoms with Gasteiger partial charge in [-0.2, -0.15) is 0 Å². The fraction of sp³-hybridized carbons (Fsp3) is 0.279. The highest BCUT2D eigenvalue weighted by molar-refractivity contribution is 7.10. The minimum atomic E-state index is -0.493. The van der Waals surface area contributed by atoms with Crippen molar-refractivity contribution in [2.45, 2.75) is 64.1 Å². The number of hydrogen-bond acceptors (Lipinski definition) is 7. The van der Waals surface area contributed by atoms with Crippen LogP contribution in [0.2, 0.25) is 0 Å². The average Bonchev–Trinajstić information content (AvgIpc) is 3.99. The Kier molecular flexibility index (Phi) is 10.7. The minimum absolute atomic E-state index is 0.00696. The molecule has 2 aromatic heterocycles. The molecule has 0 bridgehead atoms. The van der Waals surface area contributed by atoms with Crippen LogP contribution < -0.4 is 5.32 Å². The van der Waals surface area contributed by atoms with Crippen molar-refractivity contribution in [2.75, 3.05) is 13.1 Å². The quantitative estimate of drug-likeness (QED) is 0.186. The lowest BCUT2D eigenvalue weighted by atomic mass is 9.98. The topological polar surface area (TPSA) is 67.3 Å². The van der Waals surface area contributed by atoms with E-state index in [0.717, 1.165) is 47.9 Å². The molecule has 6 nitrogen and oxygen atoms in total. The lowest BCUT2D eigenvalue weighted by Gasteiger charge is -2.27. The van der Waals surface area contributed by atoms with Crippen LogP contribution in [0.5, 0.6) is 0 Å². The highest BCUT2D eigenvalue weighted by Crippen LogP contribution is 2.39. The Labute approximate surface area is 309 Å². The molecule has 4 heterocycles. The number of thiazole rings is 2. The maximum atomic E-state index is 12.6. The molecule has 0 saturated carbocycles. The summed E-state index contributed by atoms with van der Waals surface area (Å²) in [5.41, 5.74) is 8.72. The molecule has 0 radical (unpaired) electrons. The molecule has 2 unspecified atom stereocenters. The summed E-state index contributed by atoms with van der Waals surface area (Å²) in [5, 5.41) is 10.0. The van der Waals surface area contributed by atoms with Crippen molar-refractivity contribution in [1.82, 2.24) is 20.2 Å². The fourth-order valence-corrected chi connectivity index (χ4v) is 8.64. The molecular weight excluding hydrogens is 669 g/mol. The summed E-state index contributed by atoms with van der Waals surface area (Å²) in [4.78, 5) is 24.3. The third kappa shape index (κ3) is 8.30. The summed E-state index contributed by atoms with van der Waals surface area (Å²) >= 11 is 3.40. The Morgan fingerprint density at radius 2 is 1.20 bits per heavy atom.